The van der Waals surface area contributed by atoms with E-state index in [1.54, 1.807) is 0 Å². The highest BCUT2D eigenvalue weighted by Gasteiger charge is 2.26. The number of hydrogen-bond donors (Lipinski definition) is 1. The number of amides is 1. The lowest BCUT2D eigenvalue weighted by molar-refractivity contribution is -0.0228. The van der Waals surface area contributed by atoms with Crippen molar-refractivity contribution in [1.82, 2.24) is 14.9 Å². The lowest BCUT2D eigenvalue weighted by Gasteiger charge is -2.33. The molecule has 1 aliphatic rings. The van der Waals surface area contributed by atoms with Gasteiger partial charge in [0.1, 0.15) is 11.9 Å². The van der Waals surface area contributed by atoms with E-state index in [-0.39, 0.29) is 12.0 Å². The number of aryl methyl sites for hydroxylation is 1. The van der Waals surface area contributed by atoms with Crippen LogP contribution < -0.4 is 0 Å². The molecule has 1 saturated heterocycles. The average molecular weight is 321 g/mol. The number of carbonyl (C=O) groups excluding carboxylic acids is 1. The molecule has 0 saturated carbocycles. The van der Waals surface area contributed by atoms with Crippen LogP contribution in [0.4, 0.5) is 0 Å². The summed E-state index contributed by atoms with van der Waals surface area (Å²) in [4.78, 5) is 22.3. The lowest BCUT2D eigenvalue weighted by Crippen LogP contribution is -2.42. The normalized spacial score (nSPS) is 18.0. The maximum atomic E-state index is 12.9. The van der Waals surface area contributed by atoms with E-state index in [9.17, 15) is 4.79 Å². The summed E-state index contributed by atoms with van der Waals surface area (Å²) >= 11 is 0. The van der Waals surface area contributed by atoms with E-state index in [4.69, 9.17) is 4.74 Å². The number of nitrogens with one attached hydrogen (secondary N) is 1. The van der Waals surface area contributed by atoms with Crippen molar-refractivity contribution in [2.75, 3.05) is 19.7 Å². The van der Waals surface area contributed by atoms with Crippen LogP contribution in [0.15, 0.2) is 48.5 Å². The van der Waals surface area contributed by atoms with Crippen LogP contribution >= 0.6 is 0 Å². The molecule has 0 radical (unpaired) electrons. The van der Waals surface area contributed by atoms with Crippen molar-refractivity contribution in [3.05, 3.63) is 65.5 Å². The fourth-order valence-corrected chi connectivity index (χ4v) is 3.16. The maximum absolute atomic E-state index is 12.9. The first-order valence-corrected chi connectivity index (χ1v) is 8.13. The zero-order valence-corrected chi connectivity index (χ0v) is 13.5. The van der Waals surface area contributed by atoms with Gasteiger partial charge in [-0.1, -0.05) is 30.3 Å². The molecule has 0 unspecified atom stereocenters. The number of nitrogens with zero attached hydrogens (tertiary/aromatic N) is 2. The zero-order valence-electron chi connectivity index (χ0n) is 13.5. The molecule has 3 aromatic rings. The molecule has 0 bridgehead atoms. The number of aromatic amines is 1. The molecule has 5 heteroatoms. The third kappa shape index (κ3) is 2.78. The third-order valence-corrected chi connectivity index (χ3v) is 4.37. The molecule has 24 heavy (non-hydrogen) atoms. The fraction of sp³-hybridized carbons (Fsp3) is 0.263. The summed E-state index contributed by atoms with van der Waals surface area (Å²) in [7, 11) is 0. The fourth-order valence-electron chi connectivity index (χ4n) is 3.16. The zero-order chi connectivity index (χ0) is 16.5. The molecule has 1 amide bonds. The van der Waals surface area contributed by atoms with Crippen LogP contribution in [0.3, 0.4) is 0 Å². The van der Waals surface area contributed by atoms with Crippen LogP contribution in [0.25, 0.3) is 11.0 Å². The Morgan fingerprint density at radius 2 is 2.08 bits per heavy atom. The predicted molar refractivity (Wildman–Crippen MR) is 91.9 cm³/mol. The molecule has 1 aromatic heterocycles. The van der Waals surface area contributed by atoms with Gasteiger partial charge in [0.2, 0.25) is 0 Å². The molecule has 1 atom stereocenters. The quantitative estimate of drug-likeness (QED) is 0.789. The second-order valence-electron chi connectivity index (χ2n) is 6.08. The highest BCUT2D eigenvalue weighted by Crippen LogP contribution is 2.23. The van der Waals surface area contributed by atoms with Crippen molar-refractivity contribution in [2.24, 2.45) is 0 Å². The summed E-state index contributed by atoms with van der Waals surface area (Å²) in [6.45, 7) is 3.65. The van der Waals surface area contributed by atoms with E-state index >= 15 is 0 Å². The molecule has 1 N–H and O–H groups in total. The number of aromatic nitrogens is 2. The summed E-state index contributed by atoms with van der Waals surface area (Å²) in [5, 5.41) is 0. The standard InChI is InChI=1S/C19H19N3O2/c1-13-20-16-8-7-15(11-17(16)21-13)19(23)22-9-10-24-18(12-22)14-5-3-2-4-6-14/h2-8,11,18H,9-10,12H2,1H3,(H,20,21)/t18-/m0/s1. The largest absolute Gasteiger partial charge is 0.370 e. The molecule has 0 aliphatic carbocycles. The number of rotatable bonds is 2. The Hall–Kier alpha value is -2.66. The smallest absolute Gasteiger partial charge is 0.254 e. The second kappa shape index (κ2) is 6.09. The van der Waals surface area contributed by atoms with Crippen molar-refractivity contribution in [1.29, 1.82) is 0 Å². The van der Waals surface area contributed by atoms with E-state index in [0.717, 1.165) is 22.4 Å². The molecule has 2 aromatic carbocycles. The van der Waals surface area contributed by atoms with Crippen LogP contribution in [-0.4, -0.2) is 40.5 Å². The highest BCUT2D eigenvalue weighted by atomic mass is 16.5. The summed E-state index contributed by atoms with van der Waals surface area (Å²) in [6.07, 6.45) is -0.0676. The van der Waals surface area contributed by atoms with Crippen LogP contribution in [0.1, 0.15) is 27.8 Å². The lowest BCUT2D eigenvalue weighted by atomic mass is 10.1. The van der Waals surface area contributed by atoms with Crippen LogP contribution in [0.5, 0.6) is 0 Å². The number of morpholine rings is 1. The minimum atomic E-state index is -0.0676. The van der Waals surface area contributed by atoms with Gasteiger partial charge in [-0.2, -0.15) is 0 Å². The summed E-state index contributed by atoms with van der Waals surface area (Å²) in [6, 6.07) is 15.7. The Bertz CT molecular complexity index is 873. The Morgan fingerprint density at radius 1 is 1.25 bits per heavy atom. The molecular weight excluding hydrogens is 302 g/mol. The maximum Gasteiger partial charge on any atom is 0.254 e. The number of imidazole rings is 1. The monoisotopic (exact) mass is 321 g/mol. The molecule has 122 valence electrons. The molecule has 1 fully saturated rings. The first-order chi connectivity index (χ1) is 11.7. The number of fused-ring (bicyclic) bond motifs is 1. The summed E-state index contributed by atoms with van der Waals surface area (Å²) in [5.74, 6) is 0.887. The van der Waals surface area contributed by atoms with Gasteiger partial charge >= 0.3 is 0 Å². The second-order valence-corrected chi connectivity index (χ2v) is 6.08. The van der Waals surface area contributed by atoms with Gasteiger partial charge in [-0.25, -0.2) is 4.98 Å². The van der Waals surface area contributed by atoms with Gasteiger partial charge in [0.15, 0.2) is 0 Å². The van der Waals surface area contributed by atoms with E-state index in [1.807, 2.05) is 60.4 Å². The Balaban J connectivity index is 1.56. The van der Waals surface area contributed by atoms with Gasteiger partial charge in [0.25, 0.3) is 5.91 Å². The Kier molecular flexibility index (Phi) is 3.78. The van der Waals surface area contributed by atoms with Gasteiger partial charge in [-0.05, 0) is 30.7 Å². The van der Waals surface area contributed by atoms with Crippen LogP contribution in [0.2, 0.25) is 0 Å². The molecule has 2 heterocycles. The minimum Gasteiger partial charge on any atom is -0.370 e. The van der Waals surface area contributed by atoms with Crippen molar-refractivity contribution >= 4 is 16.9 Å². The Labute approximate surface area is 140 Å². The van der Waals surface area contributed by atoms with Gasteiger partial charge in [-0.15, -0.1) is 0 Å². The summed E-state index contributed by atoms with van der Waals surface area (Å²) in [5.41, 5.74) is 3.56. The average Bonchev–Trinajstić information content (AvgIpc) is 3.01. The van der Waals surface area contributed by atoms with Gasteiger partial charge < -0.3 is 14.6 Å². The first kappa shape index (κ1) is 14.9. The van der Waals surface area contributed by atoms with Crippen molar-refractivity contribution in [2.45, 2.75) is 13.0 Å². The van der Waals surface area contributed by atoms with Crippen molar-refractivity contribution < 1.29 is 9.53 Å². The van der Waals surface area contributed by atoms with Crippen LogP contribution in [-0.2, 0) is 4.74 Å². The topological polar surface area (TPSA) is 58.2 Å². The predicted octanol–water partition coefficient (Wildman–Crippen LogP) is 3.09. The molecule has 4 rings (SSSR count). The first-order valence-electron chi connectivity index (χ1n) is 8.13. The SMILES string of the molecule is Cc1nc2ccc(C(=O)N3CCO[C@H](c4ccccc4)C3)cc2[nH]1. The van der Waals surface area contributed by atoms with Crippen LogP contribution in [0, 0.1) is 6.92 Å². The highest BCUT2D eigenvalue weighted by molar-refractivity contribution is 5.97. The summed E-state index contributed by atoms with van der Waals surface area (Å²) < 4.78 is 5.84. The number of H-pyrrole nitrogens is 1. The van der Waals surface area contributed by atoms with E-state index in [2.05, 4.69) is 9.97 Å². The third-order valence-electron chi connectivity index (χ3n) is 4.37. The minimum absolute atomic E-state index is 0.0355. The van der Waals surface area contributed by atoms with E-state index in [1.165, 1.54) is 0 Å². The number of carbonyl (C=O) groups is 1. The molecule has 1 aliphatic heterocycles. The van der Waals surface area contributed by atoms with Gasteiger partial charge in [0.05, 0.1) is 24.2 Å². The Morgan fingerprint density at radius 3 is 2.92 bits per heavy atom. The van der Waals surface area contributed by atoms with E-state index < -0.39 is 0 Å². The number of ether oxygens (including phenoxy) is 1. The van der Waals surface area contributed by atoms with Gasteiger partial charge in [0, 0.05) is 12.1 Å². The number of hydrogen-bond acceptors (Lipinski definition) is 3. The van der Waals surface area contributed by atoms with E-state index in [0.29, 0.717) is 25.3 Å². The molecule has 5 nitrogen and oxygen atoms in total. The molecule has 0 spiro atoms. The van der Waals surface area contributed by atoms with Crippen molar-refractivity contribution in [3.63, 3.8) is 0 Å². The molecular formula is C19H19N3O2. The number of benzene rings is 2. The van der Waals surface area contributed by atoms with Gasteiger partial charge in [-0.3, -0.25) is 4.79 Å². The van der Waals surface area contributed by atoms with Crippen molar-refractivity contribution in [3.8, 4) is 0 Å².